The number of pyridine rings is 1. The van der Waals surface area contributed by atoms with Crippen LogP contribution >= 0.6 is 11.3 Å². The molecule has 0 aliphatic rings. The van der Waals surface area contributed by atoms with Crippen LogP contribution in [0.15, 0.2) is 35.1 Å². The van der Waals surface area contributed by atoms with Crippen molar-refractivity contribution in [3.05, 3.63) is 35.6 Å². The highest BCUT2D eigenvalue weighted by atomic mass is 32.2. The standard InChI is InChI=1S/C13H15N3OS2/c1-13(2,3)19(17)16-9-11-8-15-12(18-11)10-5-4-6-14-7-10/h4-9H,1-3H3/t19-/m1/s1. The molecule has 0 radical (unpaired) electrons. The summed E-state index contributed by atoms with van der Waals surface area (Å²) in [5, 5.41) is 0.885. The first-order valence-corrected chi connectivity index (χ1v) is 7.71. The molecule has 0 saturated heterocycles. The van der Waals surface area contributed by atoms with Crippen molar-refractivity contribution in [2.75, 3.05) is 0 Å². The lowest BCUT2D eigenvalue weighted by Gasteiger charge is -2.12. The molecule has 1 atom stereocenters. The van der Waals surface area contributed by atoms with Gasteiger partial charge in [-0.1, -0.05) is 0 Å². The van der Waals surface area contributed by atoms with Gasteiger partial charge in [-0.05, 0) is 32.9 Å². The summed E-state index contributed by atoms with van der Waals surface area (Å²) in [6.45, 7) is 5.69. The summed E-state index contributed by atoms with van der Waals surface area (Å²) >= 11 is 1.50. The molecule has 0 amide bonds. The zero-order valence-electron chi connectivity index (χ0n) is 11.0. The number of rotatable bonds is 3. The fourth-order valence-electron chi connectivity index (χ4n) is 1.23. The monoisotopic (exact) mass is 293 g/mol. The fraction of sp³-hybridized carbons (Fsp3) is 0.308. The molecule has 2 aromatic rings. The molecule has 100 valence electrons. The SMILES string of the molecule is CC(C)(C)[S@@](=O)N=Cc1cnc(-c2cccnc2)s1. The first kappa shape index (κ1) is 14.0. The predicted octanol–water partition coefficient (Wildman–Crippen LogP) is 3.09. The smallest absolute Gasteiger partial charge is 0.144 e. The van der Waals surface area contributed by atoms with E-state index in [1.54, 1.807) is 24.8 Å². The Morgan fingerprint density at radius 3 is 2.79 bits per heavy atom. The molecule has 0 unspecified atom stereocenters. The first-order chi connectivity index (χ1) is 8.97. The molecule has 0 aliphatic heterocycles. The quantitative estimate of drug-likeness (QED) is 0.817. The molecule has 0 fully saturated rings. The molecule has 0 aliphatic carbocycles. The van der Waals surface area contributed by atoms with Gasteiger partial charge in [0.05, 0.1) is 15.8 Å². The summed E-state index contributed by atoms with van der Waals surface area (Å²) in [5.41, 5.74) is 0.976. The number of hydrogen-bond donors (Lipinski definition) is 0. The van der Waals surface area contributed by atoms with Gasteiger partial charge in [0, 0.05) is 24.2 Å². The van der Waals surface area contributed by atoms with Crippen LogP contribution in [0.2, 0.25) is 0 Å². The number of hydrogen-bond acceptors (Lipinski definition) is 4. The minimum Gasteiger partial charge on any atom is -0.264 e. The van der Waals surface area contributed by atoms with Crippen molar-refractivity contribution >= 4 is 28.5 Å². The Labute approximate surface area is 119 Å². The fourth-order valence-corrected chi connectivity index (χ4v) is 2.60. The van der Waals surface area contributed by atoms with E-state index in [4.69, 9.17) is 0 Å². The van der Waals surface area contributed by atoms with Gasteiger partial charge in [-0.15, -0.1) is 11.3 Å². The lowest BCUT2D eigenvalue weighted by atomic mass is 10.3. The minimum absolute atomic E-state index is 0.340. The Kier molecular flexibility index (Phi) is 4.21. The van der Waals surface area contributed by atoms with Gasteiger partial charge < -0.3 is 0 Å². The van der Waals surface area contributed by atoms with Crippen LogP contribution in [-0.4, -0.2) is 25.1 Å². The molecule has 2 heterocycles. The maximum absolute atomic E-state index is 11.8. The maximum Gasteiger partial charge on any atom is 0.144 e. The summed E-state index contributed by atoms with van der Waals surface area (Å²) in [6, 6.07) is 3.83. The Morgan fingerprint density at radius 1 is 1.37 bits per heavy atom. The van der Waals surface area contributed by atoms with E-state index in [1.807, 2.05) is 32.9 Å². The average molecular weight is 293 g/mol. The van der Waals surface area contributed by atoms with E-state index < -0.39 is 11.0 Å². The lowest BCUT2D eigenvalue weighted by Crippen LogP contribution is -2.19. The maximum atomic E-state index is 11.8. The number of aromatic nitrogens is 2. The molecule has 19 heavy (non-hydrogen) atoms. The Balaban J connectivity index is 2.15. The normalized spacial score (nSPS) is 13.8. The van der Waals surface area contributed by atoms with Crippen LogP contribution in [-0.2, 0) is 11.0 Å². The Bertz CT molecular complexity index is 600. The van der Waals surface area contributed by atoms with Crippen molar-refractivity contribution < 1.29 is 4.21 Å². The third kappa shape index (κ3) is 3.78. The Morgan fingerprint density at radius 2 is 2.16 bits per heavy atom. The van der Waals surface area contributed by atoms with Crippen LogP contribution in [0, 0.1) is 0 Å². The van der Waals surface area contributed by atoms with Crippen LogP contribution in [0.4, 0.5) is 0 Å². The lowest BCUT2D eigenvalue weighted by molar-refractivity contribution is 0.651. The van der Waals surface area contributed by atoms with Gasteiger partial charge in [-0.2, -0.15) is 4.40 Å². The molecule has 2 aromatic heterocycles. The number of nitrogens with zero attached hydrogens (tertiary/aromatic N) is 3. The third-order valence-electron chi connectivity index (χ3n) is 2.23. The zero-order valence-corrected chi connectivity index (χ0v) is 12.7. The molecule has 2 rings (SSSR count). The van der Waals surface area contributed by atoms with E-state index in [-0.39, 0.29) is 4.75 Å². The first-order valence-electron chi connectivity index (χ1n) is 5.79. The van der Waals surface area contributed by atoms with Gasteiger partial charge >= 0.3 is 0 Å². The molecule has 0 bridgehead atoms. The van der Waals surface area contributed by atoms with Crippen molar-refractivity contribution in [1.29, 1.82) is 0 Å². The van der Waals surface area contributed by atoms with Crippen LogP contribution in [0.25, 0.3) is 10.6 Å². The second-order valence-corrected chi connectivity index (χ2v) is 7.90. The molecule has 0 saturated carbocycles. The average Bonchev–Trinajstić information content (AvgIpc) is 2.84. The van der Waals surface area contributed by atoms with E-state index in [0.29, 0.717) is 0 Å². The van der Waals surface area contributed by atoms with E-state index in [9.17, 15) is 4.21 Å². The topological polar surface area (TPSA) is 55.2 Å². The van der Waals surface area contributed by atoms with E-state index in [2.05, 4.69) is 14.4 Å². The van der Waals surface area contributed by atoms with Gasteiger partial charge in [0.1, 0.15) is 16.0 Å². The largest absolute Gasteiger partial charge is 0.264 e. The molecule has 0 aromatic carbocycles. The van der Waals surface area contributed by atoms with Crippen molar-refractivity contribution in [2.45, 2.75) is 25.5 Å². The van der Waals surface area contributed by atoms with Gasteiger partial charge in [-0.25, -0.2) is 9.19 Å². The van der Waals surface area contributed by atoms with E-state index >= 15 is 0 Å². The van der Waals surface area contributed by atoms with E-state index in [0.717, 1.165) is 15.4 Å². The van der Waals surface area contributed by atoms with Crippen LogP contribution in [0.1, 0.15) is 25.6 Å². The molecular formula is C13H15N3OS2. The van der Waals surface area contributed by atoms with E-state index in [1.165, 1.54) is 11.3 Å². The summed E-state index contributed by atoms with van der Waals surface area (Å²) < 4.78 is 15.5. The predicted molar refractivity (Wildman–Crippen MR) is 80.8 cm³/mol. The molecule has 4 nitrogen and oxygen atoms in total. The summed E-state index contributed by atoms with van der Waals surface area (Å²) in [6.07, 6.45) is 6.86. The minimum atomic E-state index is -1.24. The van der Waals surface area contributed by atoms with Crippen LogP contribution in [0.3, 0.4) is 0 Å². The van der Waals surface area contributed by atoms with Crippen LogP contribution in [0.5, 0.6) is 0 Å². The van der Waals surface area contributed by atoms with Gasteiger partial charge in [0.15, 0.2) is 0 Å². The van der Waals surface area contributed by atoms with Crippen molar-refractivity contribution in [1.82, 2.24) is 9.97 Å². The third-order valence-corrected chi connectivity index (χ3v) is 4.56. The zero-order chi connectivity index (χ0) is 13.9. The van der Waals surface area contributed by atoms with Gasteiger partial charge in [-0.3, -0.25) is 4.98 Å². The number of thiazole rings is 1. The second-order valence-electron chi connectivity index (χ2n) is 4.91. The summed E-state index contributed by atoms with van der Waals surface area (Å²) in [4.78, 5) is 9.26. The molecule has 0 N–H and O–H groups in total. The van der Waals surface area contributed by atoms with Crippen molar-refractivity contribution in [3.8, 4) is 10.6 Å². The second kappa shape index (κ2) is 5.71. The highest BCUT2D eigenvalue weighted by molar-refractivity contribution is 7.85. The van der Waals surface area contributed by atoms with Gasteiger partial charge in [0.2, 0.25) is 0 Å². The van der Waals surface area contributed by atoms with Gasteiger partial charge in [0.25, 0.3) is 0 Å². The highest BCUT2D eigenvalue weighted by Gasteiger charge is 2.18. The summed E-state index contributed by atoms with van der Waals surface area (Å²) in [5.74, 6) is 0. The molecule has 6 heteroatoms. The molecular weight excluding hydrogens is 278 g/mol. The highest BCUT2D eigenvalue weighted by Crippen LogP contribution is 2.23. The Hall–Kier alpha value is -1.40. The van der Waals surface area contributed by atoms with Crippen molar-refractivity contribution in [2.24, 2.45) is 4.40 Å². The van der Waals surface area contributed by atoms with Crippen molar-refractivity contribution in [3.63, 3.8) is 0 Å². The molecule has 0 spiro atoms. The van der Waals surface area contributed by atoms with Crippen LogP contribution < -0.4 is 0 Å². The summed E-state index contributed by atoms with van der Waals surface area (Å²) in [7, 11) is -1.24.